The van der Waals surface area contributed by atoms with Crippen LogP contribution in [0.3, 0.4) is 0 Å². The summed E-state index contributed by atoms with van der Waals surface area (Å²) in [6.07, 6.45) is -10.7. The third-order valence-corrected chi connectivity index (χ3v) is 11.7. The molecular weight excluding hydrogens is 796 g/mol. The Morgan fingerprint density at radius 2 is 0.689 bits per heavy atom. The number of hydrogen-bond donors (Lipinski definition) is 13. The maximum atomic E-state index is 12.3. The van der Waals surface area contributed by atoms with Crippen LogP contribution in [0.15, 0.2) is 97.1 Å². The van der Waals surface area contributed by atoms with Crippen LogP contribution in [0.2, 0.25) is 0 Å². The van der Waals surface area contributed by atoms with Crippen LogP contribution in [0, 0.1) is 0 Å². The Kier molecular flexibility index (Phi) is 9.32. The Labute approximate surface area is 345 Å². The van der Waals surface area contributed by atoms with Gasteiger partial charge >= 0.3 is 0 Å². The summed E-state index contributed by atoms with van der Waals surface area (Å²) in [5.41, 5.74) is 0.172. The molecule has 0 aromatic heterocycles. The van der Waals surface area contributed by atoms with E-state index in [1.165, 1.54) is 91.0 Å². The van der Waals surface area contributed by atoms with Gasteiger partial charge in [0.05, 0.1) is 0 Å². The number of phenolic OH excluding ortho intramolecular Hbond substituents is 9. The van der Waals surface area contributed by atoms with Crippen molar-refractivity contribution in [1.29, 1.82) is 0 Å². The molecule has 314 valence electrons. The van der Waals surface area contributed by atoms with E-state index in [0.717, 1.165) is 6.07 Å². The van der Waals surface area contributed by atoms with Crippen molar-refractivity contribution in [3.63, 3.8) is 0 Å². The van der Waals surface area contributed by atoms with Crippen molar-refractivity contribution in [3.05, 3.63) is 142 Å². The van der Waals surface area contributed by atoms with Gasteiger partial charge in [0, 0.05) is 39.7 Å². The molecule has 3 aliphatic heterocycles. The van der Waals surface area contributed by atoms with Gasteiger partial charge < -0.3 is 80.6 Å². The third kappa shape index (κ3) is 6.23. The quantitative estimate of drug-likeness (QED) is 0.104. The number of aromatic hydroxyl groups is 9. The van der Waals surface area contributed by atoms with Crippen LogP contribution in [0.25, 0.3) is 0 Å². The maximum absolute atomic E-state index is 12.3. The fraction of sp³-hybridized carbons (Fsp3) is 0.200. The van der Waals surface area contributed by atoms with Gasteiger partial charge in [-0.3, -0.25) is 0 Å². The van der Waals surface area contributed by atoms with E-state index in [9.17, 15) is 66.4 Å². The standard InChI is InChI=1S/C45H38O16/c46-20-7-1-17(2-8-20)40-35(54)29(23-13-14-28(49)34(53)43(23)59-40)24-15-26-30(36(55)41(18-3-9-21(47)10-4-18)60-44(26)38(57)31(24)50)25-16-27-33(52)37(56)42(19-5-11-22(48)12-6-19)61-45(27)39(58)32(25)51/h1-16,29-30,33,35-37,40-42,46-58H/t29-,30-,33-,35+,36+,37-,40-,41-,42-/m1/s1. The molecule has 9 atom stereocenters. The van der Waals surface area contributed by atoms with Gasteiger partial charge in [-0.25, -0.2) is 0 Å². The van der Waals surface area contributed by atoms with Crippen LogP contribution >= 0.6 is 0 Å². The molecule has 0 radical (unpaired) electrons. The molecule has 3 heterocycles. The molecule has 6 aromatic rings. The first kappa shape index (κ1) is 39.2. The molecule has 0 amide bonds. The van der Waals surface area contributed by atoms with Crippen LogP contribution in [0.1, 0.15) is 80.8 Å². The Bertz CT molecular complexity index is 2670. The largest absolute Gasteiger partial charge is 0.508 e. The van der Waals surface area contributed by atoms with E-state index in [4.69, 9.17) is 14.2 Å². The first-order valence-electron chi connectivity index (χ1n) is 19.0. The number of benzene rings is 6. The molecule has 0 spiro atoms. The van der Waals surface area contributed by atoms with E-state index >= 15 is 0 Å². The third-order valence-electron chi connectivity index (χ3n) is 11.7. The first-order chi connectivity index (χ1) is 29.1. The number of phenols is 9. The van der Waals surface area contributed by atoms with Crippen LogP contribution in [0.4, 0.5) is 0 Å². The minimum Gasteiger partial charge on any atom is -0.508 e. The molecule has 0 bridgehead atoms. The van der Waals surface area contributed by atoms with Crippen LogP contribution < -0.4 is 14.2 Å². The van der Waals surface area contributed by atoms with E-state index in [1.807, 2.05) is 0 Å². The van der Waals surface area contributed by atoms with Gasteiger partial charge in [0.1, 0.15) is 41.7 Å². The Hall–Kier alpha value is -7.24. The minimum atomic E-state index is -1.75. The summed E-state index contributed by atoms with van der Waals surface area (Å²) in [5, 5.41) is 146. The normalized spacial score (nSPS) is 25.2. The van der Waals surface area contributed by atoms with E-state index in [1.54, 1.807) is 0 Å². The van der Waals surface area contributed by atoms with Crippen LogP contribution in [0.5, 0.6) is 69.0 Å². The Morgan fingerprint density at radius 3 is 1.13 bits per heavy atom. The second-order valence-electron chi connectivity index (χ2n) is 15.3. The van der Waals surface area contributed by atoms with Gasteiger partial charge in [0.15, 0.2) is 52.8 Å². The number of aliphatic hydroxyl groups excluding tert-OH is 4. The topological polar surface area (TPSA) is 291 Å². The van der Waals surface area contributed by atoms with Gasteiger partial charge in [-0.2, -0.15) is 0 Å². The highest BCUT2D eigenvalue weighted by molar-refractivity contribution is 5.69. The van der Waals surface area contributed by atoms with Crippen molar-refractivity contribution in [2.24, 2.45) is 0 Å². The summed E-state index contributed by atoms with van der Waals surface area (Å²) in [6.45, 7) is 0. The molecule has 0 saturated heterocycles. The van der Waals surface area contributed by atoms with Crippen molar-refractivity contribution in [2.45, 2.75) is 54.6 Å². The molecule has 0 unspecified atom stereocenters. The number of fused-ring (bicyclic) bond motifs is 3. The van der Waals surface area contributed by atoms with Crippen LogP contribution in [-0.4, -0.2) is 84.7 Å². The monoisotopic (exact) mass is 834 g/mol. The molecule has 9 rings (SSSR count). The van der Waals surface area contributed by atoms with Gasteiger partial charge in [-0.05, 0) is 71.3 Å². The molecule has 0 aliphatic carbocycles. The maximum Gasteiger partial charge on any atom is 0.201 e. The zero-order chi connectivity index (χ0) is 43.2. The van der Waals surface area contributed by atoms with Gasteiger partial charge in [0.2, 0.25) is 17.2 Å². The van der Waals surface area contributed by atoms with Gasteiger partial charge in [0.25, 0.3) is 0 Å². The average molecular weight is 835 g/mol. The lowest BCUT2D eigenvalue weighted by molar-refractivity contribution is -0.0711. The lowest BCUT2D eigenvalue weighted by atomic mass is 9.74. The second kappa shape index (κ2) is 14.5. The van der Waals surface area contributed by atoms with Crippen LogP contribution in [-0.2, 0) is 0 Å². The highest BCUT2D eigenvalue weighted by Crippen LogP contribution is 2.61. The summed E-state index contributed by atoms with van der Waals surface area (Å²) < 4.78 is 18.2. The summed E-state index contributed by atoms with van der Waals surface area (Å²) in [6, 6.07) is 21.6. The van der Waals surface area contributed by atoms with E-state index in [0.29, 0.717) is 11.1 Å². The van der Waals surface area contributed by atoms with Crippen molar-refractivity contribution < 1.29 is 80.6 Å². The molecule has 61 heavy (non-hydrogen) atoms. The highest BCUT2D eigenvalue weighted by atomic mass is 16.5. The predicted molar refractivity (Wildman–Crippen MR) is 210 cm³/mol. The summed E-state index contributed by atoms with van der Waals surface area (Å²) >= 11 is 0. The minimum absolute atomic E-state index is 0.0509. The predicted octanol–water partition coefficient (Wildman–Crippen LogP) is 4.82. The number of rotatable bonds is 5. The smallest absolute Gasteiger partial charge is 0.201 e. The Morgan fingerprint density at radius 1 is 0.328 bits per heavy atom. The molecule has 6 aromatic carbocycles. The average Bonchev–Trinajstić information content (AvgIpc) is 3.24. The highest BCUT2D eigenvalue weighted by Gasteiger charge is 2.48. The molecule has 3 aliphatic rings. The fourth-order valence-corrected chi connectivity index (χ4v) is 8.63. The molecular formula is C45H38O16. The number of hydrogen-bond acceptors (Lipinski definition) is 16. The lowest BCUT2D eigenvalue weighted by Crippen LogP contribution is -2.37. The molecule has 0 fully saturated rings. The first-order valence-corrected chi connectivity index (χ1v) is 19.0. The van der Waals surface area contributed by atoms with Crippen molar-refractivity contribution >= 4 is 0 Å². The Balaban J connectivity index is 1.24. The molecule has 13 N–H and O–H groups in total. The van der Waals surface area contributed by atoms with Gasteiger partial charge in [-0.1, -0.05) is 42.5 Å². The second-order valence-corrected chi connectivity index (χ2v) is 15.3. The molecule has 16 nitrogen and oxygen atoms in total. The zero-order valence-electron chi connectivity index (χ0n) is 31.5. The lowest BCUT2D eigenvalue weighted by Gasteiger charge is -2.41. The van der Waals surface area contributed by atoms with Crippen molar-refractivity contribution in [3.8, 4) is 69.0 Å². The summed E-state index contributed by atoms with van der Waals surface area (Å²) in [5.74, 6) is -8.92. The molecule has 16 heteroatoms. The van der Waals surface area contributed by atoms with Gasteiger partial charge in [-0.15, -0.1) is 0 Å². The van der Waals surface area contributed by atoms with Crippen molar-refractivity contribution in [2.75, 3.05) is 0 Å². The number of aliphatic hydroxyl groups is 4. The SMILES string of the molecule is Oc1ccc([C@H]2Oc3c(cc([C@@H]4c5cc([C@H]6c7ccc(O)c(O)c7O[C@H](c7ccc(O)cc7)[C@H]6O)c(O)c(O)c5O[C@H](c5ccc(O)cc5)[C@H]4O)c(O)c3O)[C@@H](O)[C@H]2O)cc1. The van der Waals surface area contributed by atoms with E-state index in [2.05, 4.69) is 0 Å². The number of ether oxygens (including phenoxy) is 3. The zero-order valence-corrected chi connectivity index (χ0v) is 31.5. The van der Waals surface area contributed by atoms with E-state index < -0.39 is 101 Å². The summed E-state index contributed by atoms with van der Waals surface area (Å²) in [7, 11) is 0. The van der Waals surface area contributed by atoms with E-state index in [-0.39, 0.29) is 56.4 Å². The summed E-state index contributed by atoms with van der Waals surface area (Å²) in [4.78, 5) is 0. The van der Waals surface area contributed by atoms with Crippen molar-refractivity contribution in [1.82, 2.24) is 0 Å². The molecule has 0 saturated carbocycles. The fourth-order valence-electron chi connectivity index (χ4n) is 8.63.